The summed E-state index contributed by atoms with van der Waals surface area (Å²) in [5.74, 6) is 1.04. The van der Waals surface area contributed by atoms with Gasteiger partial charge in [-0.1, -0.05) is 50.6 Å². The van der Waals surface area contributed by atoms with Gasteiger partial charge in [0.15, 0.2) is 0 Å². The van der Waals surface area contributed by atoms with E-state index in [-0.39, 0.29) is 5.41 Å². The molecule has 0 saturated carbocycles. The molecule has 5 nitrogen and oxygen atoms in total. The molecule has 0 aliphatic carbocycles. The molecule has 1 fully saturated rings. The lowest BCUT2D eigenvalue weighted by Crippen LogP contribution is -2.46. The highest BCUT2D eigenvalue weighted by molar-refractivity contribution is 6.30. The van der Waals surface area contributed by atoms with Crippen LogP contribution in [0.2, 0.25) is 5.02 Å². The minimum atomic E-state index is 0.0841. The number of rotatable bonds is 3. The molecule has 30 heavy (non-hydrogen) atoms. The summed E-state index contributed by atoms with van der Waals surface area (Å²) in [6.07, 6.45) is 0. The Bertz CT molecular complexity index is 1070. The van der Waals surface area contributed by atoms with Gasteiger partial charge in [-0.15, -0.1) is 0 Å². The lowest BCUT2D eigenvalue weighted by Gasteiger charge is -2.35. The lowest BCUT2D eigenvalue weighted by atomic mass is 9.87. The third kappa shape index (κ3) is 4.15. The van der Waals surface area contributed by atoms with Crippen LogP contribution < -0.4 is 9.80 Å². The summed E-state index contributed by atoms with van der Waals surface area (Å²) in [7, 11) is 0. The van der Waals surface area contributed by atoms with Crippen molar-refractivity contribution in [1.82, 2.24) is 4.98 Å². The Kier molecular flexibility index (Phi) is 5.44. The van der Waals surface area contributed by atoms with Crippen LogP contribution in [0.5, 0.6) is 0 Å². The van der Waals surface area contributed by atoms with Gasteiger partial charge >= 0.3 is 0 Å². The van der Waals surface area contributed by atoms with Gasteiger partial charge in [0.2, 0.25) is 17.5 Å². The number of piperazine rings is 1. The second kappa shape index (κ2) is 8.04. The first kappa shape index (κ1) is 20.3. The van der Waals surface area contributed by atoms with Crippen molar-refractivity contribution in [3.8, 4) is 17.5 Å². The Balaban J connectivity index is 1.52. The van der Waals surface area contributed by atoms with Crippen LogP contribution in [0, 0.1) is 11.3 Å². The minimum absolute atomic E-state index is 0.0841. The number of nitrogens with zero attached hydrogens (tertiary/aromatic N) is 4. The summed E-state index contributed by atoms with van der Waals surface area (Å²) in [5, 5.41) is 10.3. The van der Waals surface area contributed by atoms with Crippen molar-refractivity contribution >= 4 is 23.2 Å². The fourth-order valence-electron chi connectivity index (χ4n) is 3.68. The number of aromatic nitrogens is 1. The fourth-order valence-corrected chi connectivity index (χ4v) is 3.86. The van der Waals surface area contributed by atoms with E-state index in [1.807, 2.05) is 30.3 Å². The van der Waals surface area contributed by atoms with Crippen LogP contribution in [0.4, 0.5) is 11.6 Å². The Morgan fingerprint density at radius 3 is 2.27 bits per heavy atom. The zero-order valence-corrected chi connectivity index (χ0v) is 18.3. The third-order valence-corrected chi connectivity index (χ3v) is 5.69. The maximum Gasteiger partial charge on any atom is 0.235 e. The first-order valence-corrected chi connectivity index (χ1v) is 10.5. The predicted molar refractivity (Wildman–Crippen MR) is 121 cm³/mol. The maximum atomic E-state index is 9.60. The van der Waals surface area contributed by atoms with Crippen molar-refractivity contribution in [1.29, 1.82) is 5.26 Å². The zero-order valence-electron chi connectivity index (χ0n) is 17.5. The van der Waals surface area contributed by atoms with Crippen molar-refractivity contribution in [2.24, 2.45) is 0 Å². The number of hydrogen-bond acceptors (Lipinski definition) is 5. The van der Waals surface area contributed by atoms with Crippen molar-refractivity contribution in [2.75, 3.05) is 36.0 Å². The first-order valence-electron chi connectivity index (χ1n) is 10.1. The van der Waals surface area contributed by atoms with Gasteiger partial charge < -0.3 is 14.2 Å². The highest BCUT2D eigenvalue weighted by Gasteiger charge is 2.25. The van der Waals surface area contributed by atoms with E-state index >= 15 is 0 Å². The van der Waals surface area contributed by atoms with E-state index in [2.05, 4.69) is 59.8 Å². The summed E-state index contributed by atoms with van der Waals surface area (Å²) < 4.78 is 6.07. The van der Waals surface area contributed by atoms with E-state index in [4.69, 9.17) is 16.0 Å². The van der Waals surface area contributed by atoms with Crippen molar-refractivity contribution in [3.63, 3.8) is 0 Å². The molecule has 0 amide bonds. The largest absolute Gasteiger partial charge is 0.419 e. The van der Waals surface area contributed by atoms with E-state index in [0.29, 0.717) is 17.5 Å². The number of anilines is 2. The Morgan fingerprint density at radius 2 is 1.67 bits per heavy atom. The molecule has 0 bridgehead atoms. The van der Waals surface area contributed by atoms with Gasteiger partial charge in [-0.2, -0.15) is 10.2 Å². The maximum absolute atomic E-state index is 9.60. The van der Waals surface area contributed by atoms with E-state index in [1.165, 1.54) is 5.56 Å². The van der Waals surface area contributed by atoms with Gasteiger partial charge in [0.05, 0.1) is 0 Å². The van der Waals surface area contributed by atoms with Crippen LogP contribution in [-0.2, 0) is 5.41 Å². The van der Waals surface area contributed by atoms with E-state index in [0.717, 1.165) is 42.5 Å². The molecular weight excluding hydrogens is 396 g/mol. The van der Waals surface area contributed by atoms with Crippen molar-refractivity contribution < 1.29 is 4.42 Å². The standard InChI is InChI=1S/C24H25ClN4O/c1-24(2,3)18-9-7-17(8-10-18)22-27-21(16-26)23(30-22)29-13-11-28(12-14-29)20-6-4-5-19(25)15-20/h4-10,15H,11-14H2,1-3H3. The molecule has 2 aromatic carbocycles. The summed E-state index contributed by atoms with van der Waals surface area (Å²) in [6.45, 7) is 9.69. The second-order valence-corrected chi connectivity index (χ2v) is 9.00. The number of halogens is 1. The van der Waals surface area contributed by atoms with Crippen LogP contribution in [0.3, 0.4) is 0 Å². The average molecular weight is 421 g/mol. The predicted octanol–water partition coefficient (Wildman–Crippen LogP) is 5.49. The highest BCUT2D eigenvalue weighted by Crippen LogP contribution is 2.31. The molecule has 0 radical (unpaired) electrons. The minimum Gasteiger partial charge on any atom is -0.419 e. The van der Waals surface area contributed by atoms with Crippen LogP contribution >= 0.6 is 11.6 Å². The zero-order chi connectivity index (χ0) is 21.3. The SMILES string of the molecule is CC(C)(C)c1ccc(-c2nc(C#N)c(N3CCN(c4cccc(Cl)c4)CC3)o2)cc1. The second-order valence-electron chi connectivity index (χ2n) is 8.57. The smallest absolute Gasteiger partial charge is 0.235 e. The number of oxazole rings is 1. The van der Waals surface area contributed by atoms with Gasteiger partial charge in [-0.05, 0) is 41.3 Å². The summed E-state index contributed by atoms with van der Waals surface area (Å²) >= 11 is 6.13. The first-order chi connectivity index (χ1) is 14.3. The number of benzene rings is 2. The van der Waals surface area contributed by atoms with Gasteiger partial charge in [0, 0.05) is 42.5 Å². The monoisotopic (exact) mass is 420 g/mol. The topological polar surface area (TPSA) is 56.3 Å². The molecule has 3 aromatic rings. The summed E-state index contributed by atoms with van der Waals surface area (Å²) in [4.78, 5) is 8.84. The van der Waals surface area contributed by atoms with Gasteiger partial charge in [0.1, 0.15) is 6.07 Å². The summed E-state index contributed by atoms with van der Waals surface area (Å²) in [5.41, 5.74) is 3.65. The molecule has 0 spiro atoms. The molecule has 4 rings (SSSR count). The molecule has 1 aliphatic heterocycles. The molecule has 1 saturated heterocycles. The number of nitriles is 1. The van der Waals surface area contributed by atoms with E-state index in [9.17, 15) is 5.26 Å². The van der Waals surface area contributed by atoms with E-state index in [1.54, 1.807) is 0 Å². The molecule has 6 heteroatoms. The molecule has 2 heterocycles. The normalized spacial score (nSPS) is 14.6. The molecule has 0 unspecified atom stereocenters. The molecular formula is C24H25ClN4O. The van der Waals surface area contributed by atoms with Crippen molar-refractivity contribution in [3.05, 3.63) is 64.8 Å². The number of hydrogen-bond donors (Lipinski definition) is 0. The van der Waals surface area contributed by atoms with E-state index < -0.39 is 0 Å². The van der Waals surface area contributed by atoms with Crippen LogP contribution in [0.15, 0.2) is 52.9 Å². The lowest BCUT2D eigenvalue weighted by molar-refractivity contribution is 0.531. The quantitative estimate of drug-likeness (QED) is 0.560. The molecule has 0 atom stereocenters. The molecule has 1 aromatic heterocycles. The average Bonchev–Trinajstić information content (AvgIpc) is 3.18. The van der Waals surface area contributed by atoms with Crippen LogP contribution in [0.1, 0.15) is 32.0 Å². The molecule has 0 N–H and O–H groups in total. The van der Waals surface area contributed by atoms with Gasteiger partial charge in [-0.25, -0.2) is 0 Å². The molecule has 154 valence electrons. The molecule has 1 aliphatic rings. The fraction of sp³-hybridized carbons (Fsp3) is 0.333. The van der Waals surface area contributed by atoms with Crippen LogP contribution in [0.25, 0.3) is 11.5 Å². The summed E-state index contributed by atoms with van der Waals surface area (Å²) in [6, 6.07) is 18.3. The van der Waals surface area contributed by atoms with Crippen molar-refractivity contribution in [2.45, 2.75) is 26.2 Å². The Morgan fingerprint density at radius 1 is 1.00 bits per heavy atom. The third-order valence-electron chi connectivity index (χ3n) is 5.45. The van der Waals surface area contributed by atoms with Gasteiger partial charge in [0.25, 0.3) is 0 Å². The highest BCUT2D eigenvalue weighted by atomic mass is 35.5. The Labute approximate surface area is 182 Å². The Hall–Kier alpha value is -2.97. The van der Waals surface area contributed by atoms with Crippen LogP contribution in [-0.4, -0.2) is 31.2 Å². The van der Waals surface area contributed by atoms with Gasteiger partial charge in [-0.3, -0.25) is 0 Å².